The van der Waals surface area contributed by atoms with Crippen LogP contribution < -0.4 is 11.3 Å². The van der Waals surface area contributed by atoms with E-state index in [1.165, 1.54) is 23.0 Å². The largest absolute Gasteiger partial charge is 0.307 e. The van der Waals surface area contributed by atoms with Gasteiger partial charge in [0.15, 0.2) is 0 Å². The molecule has 1 amide bonds. The zero-order valence-electron chi connectivity index (χ0n) is 10.1. The molecule has 0 saturated carbocycles. The molecule has 1 heterocycles. The van der Waals surface area contributed by atoms with Crippen molar-refractivity contribution < 1.29 is 14.1 Å². The van der Waals surface area contributed by atoms with Gasteiger partial charge in [-0.2, -0.15) is 5.10 Å². The van der Waals surface area contributed by atoms with Crippen molar-refractivity contribution in [3.8, 4) is 0 Å². The first kappa shape index (κ1) is 13.6. The van der Waals surface area contributed by atoms with E-state index in [1.54, 1.807) is 0 Å². The lowest BCUT2D eigenvalue weighted by molar-refractivity contribution is -0.385. The van der Waals surface area contributed by atoms with Crippen molar-refractivity contribution in [1.82, 2.24) is 15.2 Å². The molecule has 8 nitrogen and oxygen atoms in total. The van der Waals surface area contributed by atoms with Crippen LogP contribution in [-0.4, -0.2) is 20.6 Å². The molecule has 20 heavy (non-hydrogen) atoms. The van der Waals surface area contributed by atoms with Crippen molar-refractivity contribution in [2.24, 2.45) is 5.84 Å². The van der Waals surface area contributed by atoms with Crippen molar-refractivity contribution in [3.63, 3.8) is 0 Å². The number of hydrogen-bond acceptors (Lipinski definition) is 5. The number of nitrogens with zero attached hydrogens (tertiary/aromatic N) is 3. The first-order chi connectivity index (χ1) is 9.51. The number of rotatable bonds is 4. The van der Waals surface area contributed by atoms with Crippen LogP contribution in [-0.2, 0) is 6.54 Å². The van der Waals surface area contributed by atoms with Crippen molar-refractivity contribution >= 4 is 11.6 Å². The quantitative estimate of drug-likeness (QED) is 0.367. The van der Waals surface area contributed by atoms with Crippen molar-refractivity contribution in [3.05, 3.63) is 57.7 Å². The molecule has 0 spiro atoms. The molecule has 9 heteroatoms. The Bertz CT molecular complexity index is 670. The topological polar surface area (TPSA) is 116 Å². The molecule has 0 saturated heterocycles. The lowest BCUT2D eigenvalue weighted by Crippen LogP contribution is -2.30. The van der Waals surface area contributed by atoms with E-state index in [4.69, 9.17) is 5.84 Å². The Labute approximate surface area is 112 Å². The van der Waals surface area contributed by atoms with Crippen molar-refractivity contribution in [1.29, 1.82) is 0 Å². The Balaban J connectivity index is 2.27. The molecule has 0 atom stereocenters. The SMILES string of the molecule is NNC(=O)c1ccc(F)c(Cn2cc([N+](=O)[O-])cn2)c1. The summed E-state index contributed by atoms with van der Waals surface area (Å²) in [6.07, 6.45) is 2.24. The van der Waals surface area contributed by atoms with Crippen LogP contribution >= 0.6 is 0 Å². The Hall–Kier alpha value is -2.81. The molecule has 1 aromatic heterocycles. The van der Waals surface area contributed by atoms with Crippen LogP contribution in [0.4, 0.5) is 10.1 Å². The summed E-state index contributed by atoms with van der Waals surface area (Å²) in [6.45, 7) is -0.0363. The second-order valence-corrected chi connectivity index (χ2v) is 3.93. The number of carbonyl (C=O) groups is 1. The molecule has 0 aliphatic heterocycles. The minimum atomic E-state index is -0.599. The van der Waals surface area contributed by atoms with E-state index >= 15 is 0 Å². The Morgan fingerprint density at radius 3 is 2.90 bits per heavy atom. The highest BCUT2D eigenvalue weighted by Gasteiger charge is 2.12. The van der Waals surface area contributed by atoms with Crippen LogP contribution in [0.1, 0.15) is 15.9 Å². The van der Waals surface area contributed by atoms with E-state index in [9.17, 15) is 19.3 Å². The van der Waals surface area contributed by atoms with Crippen LogP contribution in [0.15, 0.2) is 30.6 Å². The Morgan fingerprint density at radius 2 is 2.30 bits per heavy atom. The van der Waals surface area contributed by atoms with Crippen molar-refractivity contribution in [2.45, 2.75) is 6.54 Å². The van der Waals surface area contributed by atoms with Crippen LogP contribution in [0.25, 0.3) is 0 Å². The van der Waals surface area contributed by atoms with Crippen LogP contribution in [0.2, 0.25) is 0 Å². The number of nitrogens with one attached hydrogen (secondary N) is 1. The molecule has 0 bridgehead atoms. The van der Waals surface area contributed by atoms with Gasteiger partial charge in [0, 0.05) is 11.1 Å². The molecule has 1 aromatic carbocycles. The standard InChI is InChI=1S/C11H10FN5O3/c12-10-2-1-7(11(18)15-13)3-8(10)5-16-6-9(4-14-16)17(19)20/h1-4,6H,5,13H2,(H,15,18). The summed E-state index contributed by atoms with van der Waals surface area (Å²) in [6, 6.07) is 3.72. The predicted molar refractivity (Wildman–Crippen MR) is 66.0 cm³/mol. The van der Waals surface area contributed by atoms with Gasteiger partial charge in [-0.25, -0.2) is 10.2 Å². The summed E-state index contributed by atoms with van der Waals surface area (Å²) < 4.78 is 14.9. The number of nitrogens with two attached hydrogens (primary N) is 1. The van der Waals surface area contributed by atoms with Crippen LogP contribution in [0.3, 0.4) is 0 Å². The van der Waals surface area contributed by atoms with E-state index in [1.807, 2.05) is 5.43 Å². The Kier molecular flexibility index (Phi) is 3.71. The molecular formula is C11H10FN5O3. The van der Waals surface area contributed by atoms with E-state index < -0.39 is 16.6 Å². The highest BCUT2D eigenvalue weighted by atomic mass is 19.1. The maximum Gasteiger partial charge on any atom is 0.307 e. The van der Waals surface area contributed by atoms with Gasteiger partial charge in [-0.05, 0) is 18.2 Å². The summed E-state index contributed by atoms with van der Waals surface area (Å²) in [4.78, 5) is 21.3. The van der Waals surface area contributed by atoms with Gasteiger partial charge in [0.1, 0.15) is 18.2 Å². The number of hydrogen-bond donors (Lipinski definition) is 2. The van der Waals surface area contributed by atoms with Gasteiger partial charge in [0.25, 0.3) is 5.91 Å². The third-order valence-corrected chi connectivity index (χ3v) is 2.60. The maximum atomic E-state index is 13.7. The number of benzene rings is 1. The van der Waals surface area contributed by atoms with Gasteiger partial charge in [0.05, 0.1) is 11.5 Å². The monoisotopic (exact) mass is 279 g/mol. The molecule has 0 aliphatic rings. The highest BCUT2D eigenvalue weighted by molar-refractivity contribution is 5.93. The molecule has 0 aliphatic carbocycles. The lowest BCUT2D eigenvalue weighted by Gasteiger charge is -2.06. The van der Waals surface area contributed by atoms with Gasteiger partial charge < -0.3 is 0 Å². The van der Waals surface area contributed by atoms with Gasteiger partial charge in [-0.15, -0.1) is 0 Å². The second kappa shape index (κ2) is 5.45. The van der Waals surface area contributed by atoms with Crippen LogP contribution in [0.5, 0.6) is 0 Å². The summed E-state index contributed by atoms with van der Waals surface area (Å²) >= 11 is 0. The van der Waals surface area contributed by atoms with Gasteiger partial charge in [-0.1, -0.05) is 0 Å². The van der Waals surface area contributed by atoms with Gasteiger partial charge >= 0.3 is 5.69 Å². The smallest absolute Gasteiger partial charge is 0.290 e. The van der Waals surface area contributed by atoms with Crippen molar-refractivity contribution in [2.75, 3.05) is 0 Å². The van der Waals surface area contributed by atoms with Gasteiger partial charge in [-0.3, -0.25) is 25.0 Å². The minimum Gasteiger partial charge on any atom is -0.290 e. The fourth-order valence-electron chi connectivity index (χ4n) is 1.63. The maximum absolute atomic E-state index is 13.7. The number of nitrogen functional groups attached to an aromatic ring is 1. The second-order valence-electron chi connectivity index (χ2n) is 3.93. The highest BCUT2D eigenvalue weighted by Crippen LogP contribution is 2.14. The Morgan fingerprint density at radius 1 is 1.55 bits per heavy atom. The third kappa shape index (κ3) is 2.78. The number of nitro groups is 1. The minimum absolute atomic E-state index is 0.0363. The first-order valence-corrected chi connectivity index (χ1v) is 5.47. The molecule has 2 rings (SSSR count). The number of aromatic nitrogens is 2. The molecule has 0 unspecified atom stereocenters. The molecule has 0 fully saturated rings. The fraction of sp³-hybridized carbons (Fsp3) is 0.0909. The van der Waals surface area contributed by atoms with E-state index in [0.717, 1.165) is 12.3 Å². The van der Waals surface area contributed by atoms with E-state index in [0.29, 0.717) is 0 Å². The number of carbonyl (C=O) groups excluding carboxylic acids is 1. The summed E-state index contributed by atoms with van der Waals surface area (Å²) in [5, 5.41) is 14.3. The summed E-state index contributed by atoms with van der Waals surface area (Å²) in [7, 11) is 0. The molecule has 3 N–H and O–H groups in total. The van der Waals surface area contributed by atoms with E-state index in [-0.39, 0.29) is 23.4 Å². The third-order valence-electron chi connectivity index (χ3n) is 2.60. The average Bonchev–Trinajstić information content (AvgIpc) is 2.89. The normalized spacial score (nSPS) is 10.3. The number of halogens is 1. The molecule has 0 radical (unpaired) electrons. The summed E-state index contributed by atoms with van der Waals surface area (Å²) in [5.74, 6) is 3.89. The number of hydrazine groups is 1. The summed E-state index contributed by atoms with van der Waals surface area (Å²) in [5.41, 5.74) is 2.10. The average molecular weight is 279 g/mol. The van der Waals surface area contributed by atoms with E-state index in [2.05, 4.69) is 5.10 Å². The van der Waals surface area contributed by atoms with Crippen LogP contribution in [0, 0.1) is 15.9 Å². The fourth-order valence-corrected chi connectivity index (χ4v) is 1.63. The van der Waals surface area contributed by atoms with Gasteiger partial charge in [0.2, 0.25) is 0 Å². The molecule has 104 valence electrons. The zero-order chi connectivity index (χ0) is 14.7. The molecule has 2 aromatic rings. The number of amides is 1. The predicted octanol–water partition coefficient (Wildman–Crippen LogP) is 0.582. The zero-order valence-corrected chi connectivity index (χ0v) is 10.1. The first-order valence-electron chi connectivity index (χ1n) is 5.47. The molecular weight excluding hydrogens is 269 g/mol. The lowest BCUT2D eigenvalue weighted by atomic mass is 10.1.